The highest BCUT2D eigenvalue weighted by atomic mass is 16.5. The van der Waals surface area contributed by atoms with Crippen LogP contribution in [0.2, 0.25) is 0 Å². The number of aromatic nitrogens is 2. The molecule has 32 heavy (non-hydrogen) atoms. The summed E-state index contributed by atoms with van der Waals surface area (Å²) in [5.41, 5.74) is 7.28. The van der Waals surface area contributed by atoms with Gasteiger partial charge in [-0.3, -0.25) is 19.1 Å². The Labute approximate surface area is 186 Å². The number of hydrogen-bond donors (Lipinski definition) is 2. The summed E-state index contributed by atoms with van der Waals surface area (Å²) in [5, 5.41) is 2.86. The van der Waals surface area contributed by atoms with Crippen LogP contribution in [-0.4, -0.2) is 66.1 Å². The maximum Gasteiger partial charge on any atom is 0.248 e. The first-order chi connectivity index (χ1) is 15.5. The van der Waals surface area contributed by atoms with Crippen LogP contribution in [0.25, 0.3) is 5.69 Å². The van der Waals surface area contributed by atoms with E-state index in [-0.39, 0.29) is 5.91 Å². The highest BCUT2D eigenvalue weighted by Crippen LogP contribution is 2.22. The van der Waals surface area contributed by atoms with Gasteiger partial charge in [0.2, 0.25) is 17.8 Å². The number of benzene rings is 2. The number of anilines is 2. The number of nitrogens with two attached hydrogens (primary N) is 1. The Morgan fingerprint density at radius 1 is 1.09 bits per heavy atom. The number of nitrogens with zero attached hydrogens (tertiary/aromatic N) is 4. The summed E-state index contributed by atoms with van der Waals surface area (Å²) in [5.74, 6) is 1.08. The van der Waals surface area contributed by atoms with Crippen molar-refractivity contribution in [1.82, 2.24) is 14.5 Å². The van der Waals surface area contributed by atoms with Crippen LogP contribution >= 0.6 is 0 Å². The normalized spacial score (nSPS) is 14.2. The van der Waals surface area contributed by atoms with Crippen LogP contribution in [0.4, 0.5) is 11.6 Å². The molecule has 0 atom stereocenters. The monoisotopic (exact) mass is 434 g/mol. The van der Waals surface area contributed by atoms with Gasteiger partial charge in [0.1, 0.15) is 5.75 Å². The van der Waals surface area contributed by atoms with Crippen molar-refractivity contribution < 1.29 is 14.3 Å². The second kappa shape index (κ2) is 9.52. The van der Waals surface area contributed by atoms with Crippen molar-refractivity contribution in [2.45, 2.75) is 0 Å². The zero-order valence-electron chi connectivity index (χ0n) is 17.9. The number of nitrogens with one attached hydrogen (secondary N) is 1. The van der Waals surface area contributed by atoms with Gasteiger partial charge in [0, 0.05) is 55.9 Å². The molecule has 0 saturated carbocycles. The minimum absolute atomic E-state index is 0.0943. The molecule has 2 amide bonds. The van der Waals surface area contributed by atoms with Crippen LogP contribution < -0.4 is 20.7 Å². The number of primary amides is 1. The molecular formula is C23H26N6O3. The Morgan fingerprint density at radius 2 is 1.84 bits per heavy atom. The maximum absolute atomic E-state index is 12.4. The van der Waals surface area contributed by atoms with Crippen LogP contribution in [0.3, 0.4) is 0 Å². The first-order valence-electron chi connectivity index (χ1n) is 10.4. The number of methoxy groups -OCH3 is 1. The number of hydrogen-bond acceptors (Lipinski definition) is 6. The second-order valence-corrected chi connectivity index (χ2v) is 7.55. The maximum atomic E-state index is 12.4. The molecule has 9 heteroatoms. The van der Waals surface area contributed by atoms with Gasteiger partial charge in [-0.15, -0.1) is 0 Å². The molecule has 2 aromatic carbocycles. The van der Waals surface area contributed by atoms with Crippen molar-refractivity contribution in [2.75, 3.05) is 50.1 Å². The third-order valence-electron chi connectivity index (χ3n) is 5.43. The molecule has 166 valence electrons. The summed E-state index contributed by atoms with van der Waals surface area (Å²) >= 11 is 0. The van der Waals surface area contributed by atoms with E-state index in [9.17, 15) is 9.59 Å². The van der Waals surface area contributed by atoms with Gasteiger partial charge in [0.25, 0.3) is 0 Å². The average molecular weight is 435 g/mol. The second-order valence-electron chi connectivity index (χ2n) is 7.55. The smallest absolute Gasteiger partial charge is 0.248 e. The van der Waals surface area contributed by atoms with Gasteiger partial charge < -0.3 is 20.7 Å². The lowest BCUT2D eigenvalue weighted by Gasteiger charge is -2.35. The lowest BCUT2D eigenvalue weighted by molar-refractivity contribution is -0.117. The van der Waals surface area contributed by atoms with E-state index in [0.29, 0.717) is 17.8 Å². The fourth-order valence-corrected chi connectivity index (χ4v) is 3.72. The first kappa shape index (κ1) is 21.4. The molecule has 3 aromatic rings. The molecule has 1 aliphatic heterocycles. The summed E-state index contributed by atoms with van der Waals surface area (Å²) in [4.78, 5) is 32.5. The number of ether oxygens (including phenoxy) is 1. The zero-order chi connectivity index (χ0) is 22.5. The average Bonchev–Trinajstić information content (AvgIpc) is 3.30. The minimum atomic E-state index is -0.493. The predicted octanol–water partition coefficient (Wildman–Crippen LogP) is 1.74. The fraction of sp³-hybridized carbons (Fsp3) is 0.261. The van der Waals surface area contributed by atoms with Crippen molar-refractivity contribution in [3.8, 4) is 11.4 Å². The molecule has 2 heterocycles. The lowest BCUT2D eigenvalue weighted by atomic mass is 10.2. The molecule has 0 bridgehead atoms. The number of amides is 2. The number of imidazole rings is 1. The molecule has 1 aromatic heterocycles. The topological polar surface area (TPSA) is 106 Å². The summed E-state index contributed by atoms with van der Waals surface area (Å²) in [7, 11) is 1.65. The van der Waals surface area contributed by atoms with Gasteiger partial charge in [-0.25, -0.2) is 4.98 Å². The molecule has 1 saturated heterocycles. The van der Waals surface area contributed by atoms with Crippen molar-refractivity contribution in [1.29, 1.82) is 0 Å². The van der Waals surface area contributed by atoms with Crippen LogP contribution in [0, 0.1) is 0 Å². The van der Waals surface area contributed by atoms with E-state index < -0.39 is 5.91 Å². The molecule has 0 aliphatic carbocycles. The lowest BCUT2D eigenvalue weighted by Crippen LogP contribution is -2.49. The van der Waals surface area contributed by atoms with E-state index in [1.807, 2.05) is 35.0 Å². The quantitative estimate of drug-likeness (QED) is 0.587. The highest BCUT2D eigenvalue weighted by molar-refractivity contribution is 5.95. The van der Waals surface area contributed by atoms with Gasteiger partial charge in [-0.2, -0.15) is 0 Å². The summed E-state index contributed by atoms with van der Waals surface area (Å²) in [6.45, 7) is 3.33. The van der Waals surface area contributed by atoms with E-state index >= 15 is 0 Å². The third kappa shape index (κ3) is 4.89. The van der Waals surface area contributed by atoms with Gasteiger partial charge in [-0.1, -0.05) is 6.07 Å². The molecule has 0 unspecified atom stereocenters. The van der Waals surface area contributed by atoms with Gasteiger partial charge in [0.05, 0.1) is 19.3 Å². The number of carbonyl (C=O) groups excluding carboxylic acids is 2. The first-order valence-corrected chi connectivity index (χ1v) is 10.4. The molecule has 9 nitrogen and oxygen atoms in total. The molecule has 1 aliphatic rings. The molecule has 4 rings (SSSR count). The Kier molecular flexibility index (Phi) is 6.37. The van der Waals surface area contributed by atoms with Crippen LogP contribution in [-0.2, 0) is 4.79 Å². The van der Waals surface area contributed by atoms with Crippen molar-refractivity contribution in [2.24, 2.45) is 5.73 Å². The van der Waals surface area contributed by atoms with E-state index in [4.69, 9.17) is 10.5 Å². The van der Waals surface area contributed by atoms with Crippen LogP contribution in [0.1, 0.15) is 10.4 Å². The molecule has 3 N–H and O–H groups in total. The fourth-order valence-electron chi connectivity index (χ4n) is 3.72. The number of rotatable bonds is 7. The minimum Gasteiger partial charge on any atom is -0.497 e. The van der Waals surface area contributed by atoms with Crippen molar-refractivity contribution in [3.63, 3.8) is 0 Å². The Balaban J connectivity index is 1.32. The summed E-state index contributed by atoms with van der Waals surface area (Å²) in [6, 6.07) is 14.4. The predicted molar refractivity (Wildman–Crippen MR) is 122 cm³/mol. The third-order valence-corrected chi connectivity index (χ3v) is 5.43. The van der Waals surface area contributed by atoms with Crippen molar-refractivity contribution >= 4 is 23.5 Å². The van der Waals surface area contributed by atoms with Crippen molar-refractivity contribution in [3.05, 3.63) is 66.5 Å². The molecular weight excluding hydrogens is 408 g/mol. The molecule has 0 radical (unpaired) electrons. The zero-order valence-corrected chi connectivity index (χ0v) is 17.9. The highest BCUT2D eigenvalue weighted by Gasteiger charge is 2.22. The summed E-state index contributed by atoms with van der Waals surface area (Å²) in [6.07, 6.45) is 3.73. The Bertz CT molecular complexity index is 1090. The molecule has 0 spiro atoms. The summed E-state index contributed by atoms with van der Waals surface area (Å²) < 4.78 is 7.38. The van der Waals surface area contributed by atoms with E-state index in [2.05, 4.69) is 20.1 Å². The Morgan fingerprint density at radius 3 is 2.53 bits per heavy atom. The van der Waals surface area contributed by atoms with Gasteiger partial charge >= 0.3 is 0 Å². The Hall–Kier alpha value is -3.85. The SMILES string of the molecule is COc1cccc(-n2ccnc2N2CCN(CC(=O)Nc3ccc(C(N)=O)cc3)CC2)c1. The number of carbonyl (C=O) groups is 2. The van der Waals surface area contributed by atoms with E-state index in [0.717, 1.165) is 43.6 Å². The van der Waals surface area contributed by atoms with E-state index in [1.165, 1.54) is 0 Å². The van der Waals surface area contributed by atoms with Crippen LogP contribution in [0.5, 0.6) is 5.75 Å². The van der Waals surface area contributed by atoms with Gasteiger partial charge in [0.15, 0.2) is 0 Å². The van der Waals surface area contributed by atoms with Gasteiger partial charge in [-0.05, 0) is 36.4 Å². The largest absolute Gasteiger partial charge is 0.497 e. The molecule has 1 fully saturated rings. The number of piperazine rings is 1. The van der Waals surface area contributed by atoms with E-state index in [1.54, 1.807) is 37.6 Å². The van der Waals surface area contributed by atoms with Crippen LogP contribution in [0.15, 0.2) is 60.9 Å². The standard InChI is InChI=1S/C23H26N6O3/c1-32-20-4-2-3-19(15-20)29-10-9-25-23(29)28-13-11-27(12-14-28)16-21(30)26-18-7-5-17(6-8-18)22(24)31/h2-10,15H,11-14,16H2,1H3,(H2,24,31)(H,26,30).